The Morgan fingerprint density at radius 1 is 1.36 bits per heavy atom. The summed E-state index contributed by atoms with van der Waals surface area (Å²) in [7, 11) is 0. The maximum Gasteiger partial charge on any atom is 0.133 e. The Kier molecular flexibility index (Phi) is 4.11. The molecule has 74 valence electrons. The van der Waals surface area contributed by atoms with Gasteiger partial charge >= 0.3 is 0 Å². The minimum atomic E-state index is 0.210. The summed E-state index contributed by atoms with van der Waals surface area (Å²) in [4.78, 5) is 10.7. The predicted molar refractivity (Wildman–Crippen MR) is 59.3 cm³/mol. The molecule has 0 saturated carbocycles. The first kappa shape index (κ1) is 10.7. The Balaban J connectivity index is 2.54. The summed E-state index contributed by atoms with van der Waals surface area (Å²) < 4.78 is 0. The molecular weight excluding hydrogens is 172 g/mol. The van der Waals surface area contributed by atoms with Crippen LogP contribution in [-0.4, -0.2) is 5.78 Å². The Bertz CT molecular complexity index is 311. The molecule has 0 spiro atoms. The Labute approximate surface area is 85.5 Å². The molecule has 1 heteroatoms. The number of benzene rings is 1. The van der Waals surface area contributed by atoms with Crippen LogP contribution in [-0.2, 0) is 4.79 Å². The maximum atomic E-state index is 10.7. The zero-order valence-electron chi connectivity index (χ0n) is 8.73. The first-order valence-electron chi connectivity index (χ1n) is 4.91. The summed E-state index contributed by atoms with van der Waals surface area (Å²) >= 11 is 0. The van der Waals surface area contributed by atoms with Gasteiger partial charge in [-0.05, 0) is 18.4 Å². The van der Waals surface area contributed by atoms with Crippen molar-refractivity contribution in [2.45, 2.75) is 26.2 Å². The molecule has 0 N–H and O–H groups in total. The van der Waals surface area contributed by atoms with E-state index in [1.807, 2.05) is 24.3 Å². The van der Waals surface area contributed by atoms with Gasteiger partial charge in [0.05, 0.1) is 0 Å². The van der Waals surface area contributed by atoms with Crippen LogP contribution in [0.25, 0.3) is 0 Å². The highest BCUT2D eigenvalue weighted by molar-refractivity contribution is 5.76. The van der Waals surface area contributed by atoms with E-state index in [1.54, 1.807) is 6.92 Å². The van der Waals surface area contributed by atoms with Gasteiger partial charge < -0.3 is 0 Å². The third kappa shape index (κ3) is 3.56. The molecule has 0 radical (unpaired) electrons. The molecule has 1 aromatic carbocycles. The summed E-state index contributed by atoms with van der Waals surface area (Å²) in [6.07, 6.45) is 4.56. The standard InChI is InChI=1S/C13H16O/c1-11(7-6-8-12(2)14)13-9-4-3-5-10-13/h3-7,9-11H,8H2,1-2H3. The first-order chi connectivity index (χ1) is 6.70. The molecule has 0 bridgehead atoms. The normalized spacial score (nSPS) is 13.0. The topological polar surface area (TPSA) is 17.1 Å². The Morgan fingerprint density at radius 3 is 2.57 bits per heavy atom. The minimum Gasteiger partial charge on any atom is -0.300 e. The van der Waals surface area contributed by atoms with Gasteiger partial charge in [-0.1, -0.05) is 49.4 Å². The van der Waals surface area contributed by atoms with E-state index in [4.69, 9.17) is 0 Å². The lowest BCUT2D eigenvalue weighted by atomic mass is 10.0. The van der Waals surface area contributed by atoms with Gasteiger partial charge in [0.25, 0.3) is 0 Å². The smallest absolute Gasteiger partial charge is 0.133 e. The van der Waals surface area contributed by atoms with Crippen LogP contribution in [0.1, 0.15) is 31.7 Å². The molecule has 0 heterocycles. The molecule has 0 aromatic heterocycles. The van der Waals surface area contributed by atoms with Crippen molar-refractivity contribution in [3.05, 3.63) is 48.0 Å². The molecule has 0 aliphatic heterocycles. The van der Waals surface area contributed by atoms with Gasteiger partial charge in [-0.25, -0.2) is 0 Å². The van der Waals surface area contributed by atoms with E-state index >= 15 is 0 Å². The van der Waals surface area contributed by atoms with Crippen LogP contribution in [0.15, 0.2) is 42.5 Å². The number of allylic oxidation sites excluding steroid dienone is 2. The first-order valence-corrected chi connectivity index (χ1v) is 4.91. The molecule has 1 rings (SSSR count). The number of Topliss-reactive ketones (excluding diaryl/α,β-unsaturated/α-hetero) is 1. The molecule has 0 aliphatic carbocycles. The van der Waals surface area contributed by atoms with Crippen LogP contribution >= 0.6 is 0 Å². The summed E-state index contributed by atoms with van der Waals surface area (Å²) in [5, 5.41) is 0. The van der Waals surface area contributed by atoms with E-state index in [-0.39, 0.29) is 5.78 Å². The highest BCUT2D eigenvalue weighted by Crippen LogP contribution is 2.15. The van der Waals surface area contributed by atoms with Gasteiger partial charge in [-0.3, -0.25) is 4.79 Å². The van der Waals surface area contributed by atoms with Gasteiger partial charge in [0.2, 0.25) is 0 Å². The van der Waals surface area contributed by atoms with E-state index in [0.29, 0.717) is 12.3 Å². The molecule has 1 aromatic rings. The van der Waals surface area contributed by atoms with Gasteiger partial charge in [-0.15, -0.1) is 0 Å². The number of ketones is 1. The van der Waals surface area contributed by atoms with E-state index < -0.39 is 0 Å². The predicted octanol–water partition coefficient (Wildman–Crippen LogP) is 3.33. The molecule has 0 saturated heterocycles. The monoisotopic (exact) mass is 188 g/mol. The average molecular weight is 188 g/mol. The van der Waals surface area contributed by atoms with Crippen LogP contribution in [0.5, 0.6) is 0 Å². The number of carbonyl (C=O) groups is 1. The molecule has 0 fully saturated rings. The van der Waals surface area contributed by atoms with Gasteiger partial charge in [-0.2, -0.15) is 0 Å². The number of hydrogen-bond acceptors (Lipinski definition) is 1. The summed E-state index contributed by atoms with van der Waals surface area (Å²) in [6.45, 7) is 3.74. The second-order valence-electron chi connectivity index (χ2n) is 3.53. The van der Waals surface area contributed by atoms with Crippen molar-refractivity contribution in [3.63, 3.8) is 0 Å². The van der Waals surface area contributed by atoms with Gasteiger partial charge in [0.1, 0.15) is 5.78 Å². The molecule has 1 unspecified atom stereocenters. The Hall–Kier alpha value is -1.37. The maximum absolute atomic E-state index is 10.7. The fourth-order valence-electron chi connectivity index (χ4n) is 1.31. The van der Waals surface area contributed by atoms with Crippen LogP contribution in [0.3, 0.4) is 0 Å². The van der Waals surface area contributed by atoms with Crippen molar-refractivity contribution in [2.24, 2.45) is 0 Å². The zero-order valence-corrected chi connectivity index (χ0v) is 8.73. The van der Waals surface area contributed by atoms with Crippen LogP contribution in [0, 0.1) is 0 Å². The third-order valence-electron chi connectivity index (χ3n) is 2.16. The SMILES string of the molecule is CC(=O)CC=CC(C)c1ccccc1. The van der Waals surface area contributed by atoms with Gasteiger partial charge in [0.15, 0.2) is 0 Å². The Morgan fingerprint density at radius 2 is 2.00 bits per heavy atom. The lowest BCUT2D eigenvalue weighted by molar-refractivity contribution is -0.116. The molecule has 14 heavy (non-hydrogen) atoms. The van der Waals surface area contributed by atoms with Crippen molar-refractivity contribution in [1.82, 2.24) is 0 Å². The quantitative estimate of drug-likeness (QED) is 0.662. The van der Waals surface area contributed by atoms with Crippen LogP contribution in [0.4, 0.5) is 0 Å². The number of hydrogen-bond donors (Lipinski definition) is 0. The molecule has 1 atom stereocenters. The van der Waals surface area contributed by atoms with Gasteiger partial charge in [0, 0.05) is 6.42 Å². The van der Waals surface area contributed by atoms with Crippen LogP contribution in [0.2, 0.25) is 0 Å². The summed E-state index contributed by atoms with van der Waals surface area (Å²) in [6, 6.07) is 10.3. The summed E-state index contributed by atoms with van der Waals surface area (Å²) in [5.74, 6) is 0.595. The zero-order chi connectivity index (χ0) is 10.4. The largest absolute Gasteiger partial charge is 0.300 e. The van der Waals surface area contributed by atoms with Crippen molar-refractivity contribution < 1.29 is 4.79 Å². The molecular formula is C13H16O. The fraction of sp³-hybridized carbons (Fsp3) is 0.308. The number of carbonyl (C=O) groups excluding carboxylic acids is 1. The van der Waals surface area contributed by atoms with E-state index in [2.05, 4.69) is 25.1 Å². The molecule has 0 amide bonds. The highest BCUT2D eigenvalue weighted by Gasteiger charge is 1.98. The van der Waals surface area contributed by atoms with Crippen molar-refractivity contribution in [2.75, 3.05) is 0 Å². The van der Waals surface area contributed by atoms with Crippen molar-refractivity contribution >= 4 is 5.78 Å². The summed E-state index contributed by atoms with van der Waals surface area (Å²) in [5.41, 5.74) is 1.28. The fourth-order valence-corrected chi connectivity index (χ4v) is 1.31. The minimum absolute atomic E-state index is 0.210. The van der Waals surface area contributed by atoms with E-state index in [1.165, 1.54) is 5.56 Å². The van der Waals surface area contributed by atoms with E-state index in [0.717, 1.165) is 0 Å². The number of rotatable bonds is 4. The second-order valence-corrected chi connectivity index (χ2v) is 3.53. The third-order valence-corrected chi connectivity index (χ3v) is 2.16. The average Bonchev–Trinajstić information content (AvgIpc) is 2.18. The highest BCUT2D eigenvalue weighted by atomic mass is 16.1. The lowest BCUT2D eigenvalue weighted by Gasteiger charge is -2.05. The van der Waals surface area contributed by atoms with E-state index in [9.17, 15) is 4.79 Å². The van der Waals surface area contributed by atoms with Crippen molar-refractivity contribution in [3.8, 4) is 0 Å². The molecule has 0 aliphatic rings. The van der Waals surface area contributed by atoms with Crippen molar-refractivity contribution in [1.29, 1.82) is 0 Å². The van der Waals surface area contributed by atoms with Crippen LogP contribution < -0.4 is 0 Å². The lowest BCUT2D eigenvalue weighted by Crippen LogP contribution is -1.89. The second kappa shape index (κ2) is 5.38. The molecule has 1 nitrogen and oxygen atoms in total.